The highest BCUT2D eigenvalue weighted by atomic mass is 79.9. The molecule has 0 aliphatic carbocycles. The van der Waals surface area contributed by atoms with Gasteiger partial charge >= 0.3 is 5.97 Å². The first kappa shape index (κ1) is 17.9. The molecule has 2 aromatic rings. The molecular formula is C17H17BrN2O4. The van der Waals surface area contributed by atoms with Crippen LogP contribution in [0, 0.1) is 6.92 Å². The van der Waals surface area contributed by atoms with Crippen molar-refractivity contribution in [1.29, 1.82) is 0 Å². The number of carboxylic acids is 1. The van der Waals surface area contributed by atoms with Crippen LogP contribution in [0.2, 0.25) is 0 Å². The molecule has 2 rings (SSSR count). The first-order valence-electron chi connectivity index (χ1n) is 7.21. The Labute approximate surface area is 148 Å². The van der Waals surface area contributed by atoms with Gasteiger partial charge in [0.2, 0.25) is 0 Å². The number of carbonyl (C=O) groups excluding carboxylic acids is 1. The molecule has 6 nitrogen and oxygen atoms in total. The second kappa shape index (κ2) is 7.92. The standard InChI is InChI=1S/C17H17BrN2O4/c1-10-5-3-4-6-11(10)13(9-15(21)22)20-17(23)12-7-8-14(24-2)16(18)19-12/h3-8,13H,9H2,1-2H3,(H,20,23)(H,21,22)/t13-/m0/s1. The van der Waals surface area contributed by atoms with Gasteiger partial charge in [-0.3, -0.25) is 9.59 Å². The Morgan fingerprint density at radius 1 is 1.29 bits per heavy atom. The Morgan fingerprint density at radius 2 is 2.00 bits per heavy atom. The van der Waals surface area contributed by atoms with Gasteiger partial charge < -0.3 is 15.2 Å². The Morgan fingerprint density at radius 3 is 2.58 bits per heavy atom. The number of aromatic nitrogens is 1. The number of benzene rings is 1. The highest BCUT2D eigenvalue weighted by Gasteiger charge is 2.21. The summed E-state index contributed by atoms with van der Waals surface area (Å²) in [6, 6.07) is 9.85. The summed E-state index contributed by atoms with van der Waals surface area (Å²) in [5.74, 6) is -0.937. The van der Waals surface area contributed by atoms with E-state index in [1.807, 2.05) is 25.1 Å². The number of carboxylic acid groups (broad SMARTS) is 1. The maximum Gasteiger partial charge on any atom is 0.305 e. The fraction of sp³-hybridized carbons (Fsp3) is 0.235. The molecule has 24 heavy (non-hydrogen) atoms. The SMILES string of the molecule is COc1ccc(C(=O)N[C@@H](CC(=O)O)c2ccccc2C)nc1Br. The van der Waals surface area contributed by atoms with Crippen LogP contribution in [-0.2, 0) is 4.79 Å². The van der Waals surface area contributed by atoms with Crippen LogP contribution in [-0.4, -0.2) is 29.1 Å². The molecule has 0 bridgehead atoms. The Hall–Kier alpha value is -2.41. The maximum atomic E-state index is 12.4. The van der Waals surface area contributed by atoms with Crippen LogP contribution in [0.1, 0.15) is 34.1 Å². The van der Waals surface area contributed by atoms with Crippen LogP contribution >= 0.6 is 15.9 Å². The quantitative estimate of drug-likeness (QED) is 0.737. The molecule has 0 radical (unpaired) electrons. The summed E-state index contributed by atoms with van der Waals surface area (Å²) < 4.78 is 5.49. The molecule has 7 heteroatoms. The minimum atomic E-state index is -0.993. The maximum absolute atomic E-state index is 12.4. The molecule has 0 saturated heterocycles. The molecule has 1 aromatic carbocycles. The molecule has 126 valence electrons. The highest BCUT2D eigenvalue weighted by Crippen LogP contribution is 2.24. The normalized spacial score (nSPS) is 11.6. The second-order valence-electron chi connectivity index (χ2n) is 5.17. The highest BCUT2D eigenvalue weighted by molar-refractivity contribution is 9.10. The third kappa shape index (κ3) is 4.32. The van der Waals surface area contributed by atoms with E-state index in [1.54, 1.807) is 12.1 Å². The van der Waals surface area contributed by atoms with Gasteiger partial charge in [-0.15, -0.1) is 0 Å². The van der Waals surface area contributed by atoms with E-state index in [0.717, 1.165) is 11.1 Å². The number of ether oxygens (including phenoxy) is 1. The van der Waals surface area contributed by atoms with Crippen molar-refractivity contribution >= 4 is 27.8 Å². The van der Waals surface area contributed by atoms with E-state index < -0.39 is 17.9 Å². The number of hydrogen-bond donors (Lipinski definition) is 2. The number of aryl methyl sites for hydroxylation is 1. The van der Waals surface area contributed by atoms with Crippen LogP contribution in [0.25, 0.3) is 0 Å². The lowest BCUT2D eigenvalue weighted by atomic mass is 9.98. The number of hydrogen-bond acceptors (Lipinski definition) is 4. The van der Waals surface area contributed by atoms with E-state index in [0.29, 0.717) is 10.4 Å². The van der Waals surface area contributed by atoms with Gasteiger partial charge in [0.1, 0.15) is 10.3 Å². The summed E-state index contributed by atoms with van der Waals surface area (Å²) in [6.45, 7) is 1.87. The summed E-state index contributed by atoms with van der Waals surface area (Å²) in [4.78, 5) is 27.7. The third-order valence-corrected chi connectivity index (χ3v) is 4.08. The number of methoxy groups -OCH3 is 1. The number of pyridine rings is 1. The molecule has 0 unspecified atom stereocenters. The van der Waals surface area contributed by atoms with Gasteiger partial charge in [-0.1, -0.05) is 24.3 Å². The van der Waals surface area contributed by atoms with E-state index in [4.69, 9.17) is 9.84 Å². The van der Waals surface area contributed by atoms with E-state index >= 15 is 0 Å². The fourth-order valence-corrected chi connectivity index (χ4v) is 2.81. The molecule has 1 heterocycles. The lowest BCUT2D eigenvalue weighted by molar-refractivity contribution is -0.137. The molecule has 1 aromatic heterocycles. The zero-order valence-corrected chi connectivity index (χ0v) is 14.8. The summed E-state index contributed by atoms with van der Waals surface area (Å²) in [5, 5.41) is 11.9. The van der Waals surface area contributed by atoms with Crippen molar-refractivity contribution in [3.8, 4) is 5.75 Å². The van der Waals surface area contributed by atoms with Gasteiger partial charge in [0.25, 0.3) is 5.91 Å². The number of aliphatic carboxylic acids is 1. The monoisotopic (exact) mass is 392 g/mol. The molecule has 0 aliphatic heterocycles. The van der Waals surface area contributed by atoms with E-state index in [1.165, 1.54) is 13.2 Å². The molecule has 0 saturated carbocycles. The largest absolute Gasteiger partial charge is 0.494 e. The molecule has 0 fully saturated rings. The minimum Gasteiger partial charge on any atom is -0.494 e. The summed E-state index contributed by atoms with van der Waals surface area (Å²) in [6.07, 6.45) is -0.214. The van der Waals surface area contributed by atoms with E-state index in [-0.39, 0.29) is 12.1 Å². The van der Waals surface area contributed by atoms with Gasteiger partial charge in [0, 0.05) is 0 Å². The number of halogens is 1. The van der Waals surface area contributed by atoms with E-state index in [9.17, 15) is 9.59 Å². The van der Waals surface area contributed by atoms with Crippen LogP contribution in [0.4, 0.5) is 0 Å². The Bertz CT molecular complexity index is 764. The fourth-order valence-electron chi connectivity index (χ4n) is 2.32. The predicted molar refractivity (Wildman–Crippen MR) is 92.1 cm³/mol. The van der Waals surface area contributed by atoms with Crippen LogP contribution < -0.4 is 10.1 Å². The first-order chi connectivity index (χ1) is 11.4. The average Bonchev–Trinajstić information content (AvgIpc) is 2.54. The third-order valence-electron chi connectivity index (χ3n) is 3.52. The van der Waals surface area contributed by atoms with Crippen molar-refractivity contribution in [2.45, 2.75) is 19.4 Å². The smallest absolute Gasteiger partial charge is 0.305 e. The lowest BCUT2D eigenvalue weighted by Gasteiger charge is -2.19. The van der Waals surface area contributed by atoms with Crippen molar-refractivity contribution in [3.63, 3.8) is 0 Å². The zero-order valence-electron chi connectivity index (χ0n) is 13.2. The average molecular weight is 393 g/mol. The molecule has 1 amide bonds. The topological polar surface area (TPSA) is 88.5 Å². The van der Waals surface area contributed by atoms with Gasteiger partial charge in [0.05, 0.1) is 19.6 Å². The number of amides is 1. The minimum absolute atomic E-state index is 0.173. The first-order valence-corrected chi connectivity index (χ1v) is 8.00. The van der Waals surface area contributed by atoms with Gasteiger partial charge in [-0.25, -0.2) is 4.98 Å². The number of carbonyl (C=O) groups is 2. The van der Waals surface area contributed by atoms with Crippen LogP contribution in [0.3, 0.4) is 0 Å². The van der Waals surface area contributed by atoms with Gasteiger partial charge in [-0.05, 0) is 46.1 Å². The number of rotatable bonds is 6. The van der Waals surface area contributed by atoms with Crippen molar-refractivity contribution in [1.82, 2.24) is 10.3 Å². The van der Waals surface area contributed by atoms with Crippen molar-refractivity contribution in [2.75, 3.05) is 7.11 Å². The summed E-state index contributed by atoms with van der Waals surface area (Å²) in [7, 11) is 1.50. The second-order valence-corrected chi connectivity index (χ2v) is 5.92. The molecule has 1 atom stereocenters. The van der Waals surface area contributed by atoms with Crippen molar-refractivity contribution < 1.29 is 19.4 Å². The summed E-state index contributed by atoms with van der Waals surface area (Å²) >= 11 is 3.23. The van der Waals surface area contributed by atoms with Crippen LogP contribution in [0.15, 0.2) is 41.0 Å². The van der Waals surface area contributed by atoms with Crippen molar-refractivity contribution in [3.05, 3.63) is 57.8 Å². The lowest BCUT2D eigenvalue weighted by Crippen LogP contribution is -2.31. The number of nitrogens with one attached hydrogen (secondary N) is 1. The molecule has 2 N–H and O–H groups in total. The predicted octanol–water partition coefficient (Wildman–Crippen LogP) is 3.11. The Balaban J connectivity index is 2.26. The van der Waals surface area contributed by atoms with Crippen molar-refractivity contribution in [2.24, 2.45) is 0 Å². The van der Waals surface area contributed by atoms with Gasteiger partial charge in [0.15, 0.2) is 5.75 Å². The van der Waals surface area contributed by atoms with E-state index in [2.05, 4.69) is 26.2 Å². The van der Waals surface area contributed by atoms with Crippen LogP contribution in [0.5, 0.6) is 5.75 Å². The Kier molecular flexibility index (Phi) is 5.92. The zero-order chi connectivity index (χ0) is 17.7. The molecular weight excluding hydrogens is 376 g/mol. The number of nitrogens with zero attached hydrogens (tertiary/aromatic N) is 1. The molecule has 0 aliphatic rings. The van der Waals surface area contributed by atoms with Gasteiger partial charge in [-0.2, -0.15) is 0 Å². The summed E-state index contributed by atoms with van der Waals surface area (Å²) in [5.41, 5.74) is 1.85. The molecule has 0 spiro atoms.